The zero-order valence-corrected chi connectivity index (χ0v) is 12.5. The van der Waals surface area contributed by atoms with Crippen LogP contribution in [0.5, 0.6) is 0 Å². The molecular weight excluding hydrogens is 292 g/mol. The molecule has 5 nitrogen and oxygen atoms in total. The van der Waals surface area contributed by atoms with E-state index in [1.807, 2.05) is 31.2 Å². The van der Waals surface area contributed by atoms with Gasteiger partial charge < -0.3 is 14.2 Å². The molecule has 0 bridgehead atoms. The van der Waals surface area contributed by atoms with E-state index >= 15 is 0 Å². The number of aryl methyl sites for hydroxylation is 1. The molecule has 23 heavy (non-hydrogen) atoms. The fourth-order valence-corrected chi connectivity index (χ4v) is 2.64. The SMILES string of the molecule is Cc1nc2ccccc2c2oc(C(=O)NCc3ccco3)cc12. The van der Waals surface area contributed by atoms with Gasteiger partial charge in [0.25, 0.3) is 5.91 Å². The van der Waals surface area contributed by atoms with Gasteiger partial charge in [-0.3, -0.25) is 9.78 Å². The predicted octanol–water partition coefficient (Wildman–Crippen LogP) is 3.81. The molecule has 0 spiro atoms. The fourth-order valence-electron chi connectivity index (χ4n) is 2.64. The van der Waals surface area contributed by atoms with E-state index < -0.39 is 0 Å². The summed E-state index contributed by atoms with van der Waals surface area (Å²) in [6.45, 7) is 2.23. The van der Waals surface area contributed by atoms with E-state index in [2.05, 4.69) is 10.3 Å². The molecule has 0 unspecified atom stereocenters. The van der Waals surface area contributed by atoms with Gasteiger partial charge in [-0.25, -0.2) is 0 Å². The molecule has 4 rings (SSSR count). The largest absolute Gasteiger partial charge is 0.467 e. The van der Waals surface area contributed by atoms with E-state index in [0.717, 1.165) is 22.0 Å². The van der Waals surface area contributed by atoms with E-state index in [0.29, 0.717) is 17.9 Å². The van der Waals surface area contributed by atoms with Gasteiger partial charge in [-0.15, -0.1) is 0 Å². The Kier molecular flexibility index (Phi) is 3.12. The molecule has 1 N–H and O–H groups in total. The molecule has 3 heterocycles. The summed E-state index contributed by atoms with van der Waals surface area (Å²) in [6, 6.07) is 13.1. The van der Waals surface area contributed by atoms with Crippen LogP contribution in [0.25, 0.3) is 21.9 Å². The molecular formula is C18H14N2O3. The number of fused-ring (bicyclic) bond motifs is 3. The van der Waals surface area contributed by atoms with Crippen LogP contribution in [-0.4, -0.2) is 10.9 Å². The topological polar surface area (TPSA) is 68.3 Å². The summed E-state index contributed by atoms with van der Waals surface area (Å²) < 4.78 is 11.0. The second kappa shape index (κ2) is 5.28. The quantitative estimate of drug-likeness (QED) is 0.625. The zero-order chi connectivity index (χ0) is 15.8. The van der Waals surface area contributed by atoms with Crippen LogP contribution in [0.1, 0.15) is 22.0 Å². The Labute approximate surface area is 131 Å². The van der Waals surface area contributed by atoms with E-state index in [-0.39, 0.29) is 11.7 Å². The van der Waals surface area contributed by atoms with E-state index in [1.165, 1.54) is 0 Å². The highest BCUT2D eigenvalue weighted by molar-refractivity contribution is 6.06. The Morgan fingerprint density at radius 3 is 2.87 bits per heavy atom. The standard InChI is InChI=1S/C18H14N2O3/c1-11-14-9-16(18(21)19-10-12-5-4-8-22-12)23-17(14)13-6-2-3-7-15(13)20-11/h2-9H,10H2,1H3,(H,19,21). The summed E-state index contributed by atoms with van der Waals surface area (Å²) in [6.07, 6.45) is 1.57. The van der Waals surface area contributed by atoms with Crippen molar-refractivity contribution < 1.29 is 13.6 Å². The number of nitrogens with zero attached hydrogens (tertiary/aromatic N) is 1. The number of hydrogen-bond donors (Lipinski definition) is 1. The number of amides is 1. The van der Waals surface area contributed by atoms with Gasteiger partial charge >= 0.3 is 0 Å². The summed E-state index contributed by atoms with van der Waals surface area (Å²) in [4.78, 5) is 16.8. The number of hydrogen-bond acceptors (Lipinski definition) is 4. The smallest absolute Gasteiger partial charge is 0.287 e. The molecule has 0 aliphatic heterocycles. The minimum absolute atomic E-state index is 0.271. The fraction of sp³-hybridized carbons (Fsp3) is 0.111. The highest BCUT2D eigenvalue weighted by Crippen LogP contribution is 2.29. The average Bonchev–Trinajstić information content (AvgIpc) is 3.23. The predicted molar refractivity (Wildman–Crippen MR) is 86.1 cm³/mol. The normalized spacial score (nSPS) is 11.2. The van der Waals surface area contributed by atoms with Gasteiger partial charge in [0.15, 0.2) is 5.76 Å². The van der Waals surface area contributed by atoms with Gasteiger partial charge in [0.1, 0.15) is 11.3 Å². The highest BCUT2D eigenvalue weighted by Gasteiger charge is 2.16. The number of aromatic nitrogens is 1. The number of pyridine rings is 1. The van der Waals surface area contributed by atoms with Crippen molar-refractivity contribution in [3.05, 3.63) is 65.9 Å². The highest BCUT2D eigenvalue weighted by atomic mass is 16.3. The van der Waals surface area contributed by atoms with Gasteiger partial charge in [0, 0.05) is 16.5 Å². The maximum absolute atomic E-state index is 12.3. The minimum Gasteiger partial charge on any atom is -0.467 e. The van der Waals surface area contributed by atoms with Crippen molar-refractivity contribution in [3.8, 4) is 0 Å². The lowest BCUT2D eigenvalue weighted by Crippen LogP contribution is -2.21. The first-order valence-electron chi connectivity index (χ1n) is 7.32. The second-order valence-corrected chi connectivity index (χ2v) is 5.33. The Bertz CT molecular complexity index is 1000. The molecule has 4 aromatic rings. The number of benzene rings is 1. The molecule has 0 radical (unpaired) electrons. The van der Waals surface area contributed by atoms with Crippen LogP contribution in [0, 0.1) is 6.92 Å². The molecule has 0 aliphatic rings. The minimum atomic E-state index is -0.277. The van der Waals surface area contributed by atoms with Gasteiger partial charge in [-0.1, -0.05) is 12.1 Å². The molecule has 1 aromatic carbocycles. The van der Waals surface area contributed by atoms with E-state index in [1.54, 1.807) is 24.5 Å². The van der Waals surface area contributed by atoms with Crippen molar-refractivity contribution in [2.45, 2.75) is 13.5 Å². The first-order chi connectivity index (χ1) is 11.2. The van der Waals surface area contributed by atoms with Crippen LogP contribution in [0.15, 0.2) is 57.6 Å². The number of carbonyl (C=O) groups excluding carboxylic acids is 1. The molecule has 0 atom stereocenters. The van der Waals surface area contributed by atoms with Gasteiger partial charge in [0.2, 0.25) is 0 Å². The van der Waals surface area contributed by atoms with Gasteiger partial charge in [-0.2, -0.15) is 0 Å². The lowest BCUT2D eigenvalue weighted by molar-refractivity contribution is 0.0922. The maximum Gasteiger partial charge on any atom is 0.287 e. The van der Waals surface area contributed by atoms with Crippen molar-refractivity contribution in [3.63, 3.8) is 0 Å². The van der Waals surface area contributed by atoms with E-state index in [9.17, 15) is 4.79 Å². The zero-order valence-electron chi connectivity index (χ0n) is 12.5. The monoisotopic (exact) mass is 306 g/mol. The number of furan rings is 2. The summed E-state index contributed by atoms with van der Waals surface area (Å²) in [7, 11) is 0. The summed E-state index contributed by atoms with van der Waals surface area (Å²) >= 11 is 0. The lowest BCUT2D eigenvalue weighted by atomic mass is 10.1. The lowest BCUT2D eigenvalue weighted by Gasteiger charge is -2.00. The number of para-hydroxylation sites is 1. The first-order valence-corrected chi connectivity index (χ1v) is 7.32. The molecule has 0 fully saturated rings. The molecule has 3 aromatic heterocycles. The third-order valence-corrected chi connectivity index (χ3v) is 3.79. The molecule has 1 amide bonds. The summed E-state index contributed by atoms with van der Waals surface area (Å²) in [5.41, 5.74) is 2.39. The number of nitrogens with one attached hydrogen (secondary N) is 1. The molecule has 0 saturated heterocycles. The second-order valence-electron chi connectivity index (χ2n) is 5.33. The maximum atomic E-state index is 12.3. The molecule has 5 heteroatoms. The van der Waals surface area contributed by atoms with Crippen LogP contribution in [0.3, 0.4) is 0 Å². The Balaban J connectivity index is 1.72. The van der Waals surface area contributed by atoms with Crippen molar-refractivity contribution in [1.29, 1.82) is 0 Å². The Hall–Kier alpha value is -3.08. The Morgan fingerprint density at radius 1 is 1.17 bits per heavy atom. The van der Waals surface area contributed by atoms with Gasteiger partial charge in [-0.05, 0) is 37.3 Å². The third-order valence-electron chi connectivity index (χ3n) is 3.79. The van der Waals surface area contributed by atoms with Crippen LogP contribution < -0.4 is 5.32 Å². The van der Waals surface area contributed by atoms with Crippen LogP contribution in [0.4, 0.5) is 0 Å². The third kappa shape index (κ3) is 2.36. The molecule has 0 aliphatic carbocycles. The van der Waals surface area contributed by atoms with Crippen molar-refractivity contribution >= 4 is 27.8 Å². The number of rotatable bonds is 3. The average molecular weight is 306 g/mol. The first kappa shape index (κ1) is 13.6. The summed E-state index contributed by atoms with van der Waals surface area (Å²) in [5.74, 6) is 0.687. The molecule has 0 saturated carbocycles. The van der Waals surface area contributed by atoms with Crippen LogP contribution in [-0.2, 0) is 6.54 Å². The summed E-state index contributed by atoms with van der Waals surface area (Å²) in [5, 5.41) is 4.54. The van der Waals surface area contributed by atoms with Crippen molar-refractivity contribution in [1.82, 2.24) is 10.3 Å². The van der Waals surface area contributed by atoms with E-state index in [4.69, 9.17) is 8.83 Å². The van der Waals surface area contributed by atoms with Gasteiger partial charge in [0.05, 0.1) is 18.3 Å². The van der Waals surface area contributed by atoms with Crippen molar-refractivity contribution in [2.75, 3.05) is 0 Å². The van der Waals surface area contributed by atoms with Crippen LogP contribution >= 0.6 is 0 Å². The van der Waals surface area contributed by atoms with Crippen molar-refractivity contribution in [2.24, 2.45) is 0 Å². The Morgan fingerprint density at radius 2 is 2.04 bits per heavy atom. The molecule has 114 valence electrons. The number of carbonyl (C=O) groups is 1. The van der Waals surface area contributed by atoms with Crippen LogP contribution in [0.2, 0.25) is 0 Å².